The molecule has 0 bridgehead atoms. The van der Waals surface area contributed by atoms with Crippen LogP contribution in [0.4, 0.5) is 0 Å². The highest BCUT2D eigenvalue weighted by Gasteiger charge is 2.15. The Hall–Kier alpha value is -1.04. The van der Waals surface area contributed by atoms with Crippen molar-refractivity contribution >= 4 is 0 Å². The molecule has 0 aromatic rings. The smallest absolute Gasteiger partial charge is 0.0196 e. The monoisotopic (exact) mass is 316 g/mol. The van der Waals surface area contributed by atoms with E-state index in [4.69, 9.17) is 0 Å². The molecule has 0 aliphatic heterocycles. The lowest BCUT2D eigenvalue weighted by molar-refractivity contribution is 0.299. The van der Waals surface area contributed by atoms with Gasteiger partial charge in [0.25, 0.3) is 0 Å². The molecule has 4 atom stereocenters. The van der Waals surface area contributed by atoms with Gasteiger partial charge in [0.15, 0.2) is 0 Å². The van der Waals surface area contributed by atoms with E-state index >= 15 is 0 Å². The lowest BCUT2D eigenvalue weighted by atomic mass is 9.83. The molecule has 0 rings (SSSR count). The highest BCUT2D eigenvalue weighted by molar-refractivity contribution is 5.24. The predicted octanol–water partition coefficient (Wildman–Crippen LogP) is 7.75. The van der Waals surface area contributed by atoms with Crippen molar-refractivity contribution in [2.24, 2.45) is 23.7 Å². The van der Waals surface area contributed by atoms with E-state index in [1.54, 1.807) is 0 Å². The molecule has 23 heavy (non-hydrogen) atoms. The Morgan fingerprint density at radius 3 is 1.91 bits per heavy atom. The fraction of sp³-hybridized carbons (Fsp3) is 0.652. The average Bonchev–Trinajstić information content (AvgIpc) is 2.52. The Kier molecular flexibility index (Phi) is 11.8. The fourth-order valence-corrected chi connectivity index (χ4v) is 2.78. The molecule has 0 nitrogen and oxygen atoms in total. The Bertz CT molecular complexity index is 385. The third-order valence-electron chi connectivity index (χ3n) is 5.22. The minimum Gasteiger partial charge on any atom is -0.103 e. The van der Waals surface area contributed by atoms with Crippen LogP contribution >= 0.6 is 0 Å². The normalized spacial score (nSPS) is 16.7. The first-order valence-corrected chi connectivity index (χ1v) is 9.41. The maximum absolute atomic E-state index is 4.20. The highest BCUT2D eigenvalue weighted by Crippen LogP contribution is 2.27. The van der Waals surface area contributed by atoms with Crippen molar-refractivity contribution in [3.8, 4) is 0 Å². The second kappa shape index (κ2) is 12.4. The summed E-state index contributed by atoms with van der Waals surface area (Å²) in [4.78, 5) is 0. The third kappa shape index (κ3) is 11.2. The van der Waals surface area contributed by atoms with E-state index in [1.807, 2.05) is 13.0 Å². The molecule has 132 valence electrons. The van der Waals surface area contributed by atoms with Crippen molar-refractivity contribution < 1.29 is 0 Å². The van der Waals surface area contributed by atoms with Gasteiger partial charge in [-0.25, -0.2) is 0 Å². The summed E-state index contributed by atoms with van der Waals surface area (Å²) in [7, 11) is 0. The molecule has 0 saturated carbocycles. The molecule has 0 fully saturated rings. The molecule has 0 spiro atoms. The lowest BCUT2D eigenvalue weighted by Gasteiger charge is -2.23. The standard InChI is InChI=1S/C23H40/c1-9-10-11-19(4)13-15-21(6)23(8)17-16-22(7)20(5)14-12-18(2)3/h9,12,14,19,21-23H,1-2,5,10-11,13,15-17H2,3-4,6-8H3/b14-12-. The minimum atomic E-state index is 0.562. The van der Waals surface area contributed by atoms with Crippen LogP contribution in [0.25, 0.3) is 0 Å². The predicted molar refractivity (Wildman–Crippen MR) is 108 cm³/mol. The van der Waals surface area contributed by atoms with E-state index in [0.29, 0.717) is 5.92 Å². The Labute approximate surface area is 146 Å². The molecule has 0 heterocycles. The number of hydrogen-bond acceptors (Lipinski definition) is 0. The van der Waals surface area contributed by atoms with Crippen molar-refractivity contribution in [2.75, 3.05) is 0 Å². The topological polar surface area (TPSA) is 0 Å². The maximum atomic E-state index is 4.20. The van der Waals surface area contributed by atoms with Gasteiger partial charge in [-0.1, -0.05) is 83.1 Å². The highest BCUT2D eigenvalue weighted by atomic mass is 14.2. The quantitative estimate of drug-likeness (QED) is 0.241. The molecule has 0 N–H and O–H groups in total. The van der Waals surface area contributed by atoms with Gasteiger partial charge in [-0.05, 0) is 56.3 Å². The fourth-order valence-electron chi connectivity index (χ4n) is 2.78. The summed E-state index contributed by atoms with van der Waals surface area (Å²) < 4.78 is 0. The zero-order valence-electron chi connectivity index (χ0n) is 16.4. The summed E-state index contributed by atoms with van der Waals surface area (Å²) in [6.07, 6.45) is 13.9. The van der Waals surface area contributed by atoms with Gasteiger partial charge in [-0.3, -0.25) is 0 Å². The Balaban J connectivity index is 4.07. The van der Waals surface area contributed by atoms with Crippen LogP contribution in [-0.2, 0) is 0 Å². The summed E-state index contributed by atoms with van der Waals surface area (Å²) in [5.41, 5.74) is 2.32. The molecule has 0 saturated heterocycles. The van der Waals surface area contributed by atoms with Crippen LogP contribution < -0.4 is 0 Å². The van der Waals surface area contributed by atoms with Gasteiger partial charge in [0.05, 0.1) is 0 Å². The van der Waals surface area contributed by atoms with Gasteiger partial charge in [0.2, 0.25) is 0 Å². The Morgan fingerprint density at radius 2 is 1.39 bits per heavy atom. The molecular weight excluding hydrogens is 276 g/mol. The van der Waals surface area contributed by atoms with E-state index in [9.17, 15) is 0 Å². The zero-order valence-corrected chi connectivity index (χ0v) is 16.4. The molecule has 4 unspecified atom stereocenters. The second-order valence-electron chi connectivity index (χ2n) is 7.74. The van der Waals surface area contributed by atoms with Gasteiger partial charge < -0.3 is 0 Å². The van der Waals surface area contributed by atoms with E-state index in [2.05, 4.69) is 59.6 Å². The molecule has 0 amide bonds. The van der Waals surface area contributed by atoms with Crippen molar-refractivity contribution in [1.82, 2.24) is 0 Å². The summed E-state index contributed by atoms with van der Waals surface area (Å²) in [5.74, 6) is 3.00. The van der Waals surface area contributed by atoms with Gasteiger partial charge in [0, 0.05) is 0 Å². The molecule has 0 aliphatic rings. The number of allylic oxidation sites excluding steroid dienone is 5. The Morgan fingerprint density at radius 1 is 0.826 bits per heavy atom. The van der Waals surface area contributed by atoms with Gasteiger partial charge >= 0.3 is 0 Å². The van der Waals surface area contributed by atoms with Crippen molar-refractivity contribution in [3.05, 3.63) is 49.1 Å². The van der Waals surface area contributed by atoms with Crippen molar-refractivity contribution in [3.63, 3.8) is 0 Å². The summed E-state index contributed by atoms with van der Waals surface area (Å²) in [5, 5.41) is 0. The molecule has 0 heteroatoms. The molecule has 0 aliphatic carbocycles. The van der Waals surface area contributed by atoms with Crippen molar-refractivity contribution in [1.29, 1.82) is 0 Å². The zero-order chi connectivity index (χ0) is 17.8. The van der Waals surface area contributed by atoms with E-state index in [1.165, 1.54) is 37.7 Å². The van der Waals surface area contributed by atoms with E-state index in [-0.39, 0.29) is 0 Å². The van der Waals surface area contributed by atoms with Crippen LogP contribution in [-0.4, -0.2) is 0 Å². The van der Waals surface area contributed by atoms with Crippen LogP contribution in [0.3, 0.4) is 0 Å². The van der Waals surface area contributed by atoms with Crippen LogP contribution in [0.2, 0.25) is 0 Å². The third-order valence-corrected chi connectivity index (χ3v) is 5.22. The van der Waals surface area contributed by atoms with Crippen molar-refractivity contribution in [2.45, 2.75) is 73.1 Å². The lowest BCUT2D eigenvalue weighted by Crippen LogP contribution is -2.11. The molecule has 0 radical (unpaired) electrons. The van der Waals surface area contributed by atoms with Crippen LogP contribution in [0.5, 0.6) is 0 Å². The first-order valence-electron chi connectivity index (χ1n) is 9.41. The van der Waals surface area contributed by atoms with Gasteiger partial charge in [-0.2, -0.15) is 0 Å². The van der Waals surface area contributed by atoms with E-state index in [0.717, 1.165) is 29.7 Å². The maximum Gasteiger partial charge on any atom is -0.0196 e. The van der Waals surface area contributed by atoms with Crippen LogP contribution in [0, 0.1) is 23.7 Å². The van der Waals surface area contributed by atoms with Crippen LogP contribution in [0.1, 0.15) is 73.1 Å². The summed E-state index contributed by atoms with van der Waals surface area (Å²) in [6, 6.07) is 0. The first-order chi connectivity index (χ1) is 10.8. The minimum absolute atomic E-state index is 0.562. The molecule has 0 aromatic carbocycles. The number of hydrogen-bond donors (Lipinski definition) is 0. The largest absolute Gasteiger partial charge is 0.103 e. The van der Waals surface area contributed by atoms with Crippen LogP contribution in [0.15, 0.2) is 49.1 Å². The SMILES string of the molecule is C=CCCC(C)CCC(C)C(C)CCC(C)C(=C)/C=C\C(=C)C. The van der Waals surface area contributed by atoms with Gasteiger partial charge in [0.1, 0.15) is 0 Å². The molecule has 0 aromatic heterocycles. The number of rotatable bonds is 13. The second-order valence-corrected chi connectivity index (χ2v) is 7.74. The average molecular weight is 317 g/mol. The van der Waals surface area contributed by atoms with Gasteiger partial charge in [-0.15, -0.1) is 6.58 Å². The summed E-state index contributed by atoms with van der Waals surface area (Å²) in [6.45, 7) is 23.4. The van der Waals surface area contributed by atoms with E-state index < -0.39 is 0 Å². The summed E-state index contributed by atoms with van der Waals surface area (Å²) >= 11 is 0. The first kappa shape index (κ1) is 22.0. The molecular formula is C23H40.